The van der Waals surface area contributed by atoms with Gasteiger partial charge in [-0.1, -0.05) is 179 Å². The van der Waals surface area contributed by atoms with Crippen molar-refractivity contribution >= 4 is 13.7 Å². The van der Waals surface area contributed by atoms with Gasteiger partial charge in [0.15, 0.2) is 0 Å². The molecule has 0 aliphatic rings. The molecule has 0 saturated heterocycles. The highest BCUT2D eigenvalue weighted by molar-refractivity contribution is 7.47. The third kappa shape index (κ3) is 42.9. The molecule has 57 heavy (non-hydrogen) atoms. The van der Waals surface area contributed by atoms with E-state index in [1.165, 1.54) is 154 Å². The number of hydrogen-bond donors (Lipinski definition) is 3. The van der Waals surface area contributed by atoms with Crippen molar-refractivity contribution < 1.29 is 32.9 Å². The van der Waals surface area contributed by atoms with Crippen LogP contribution in [0.5, 0.6) is 0 Å². The fraction of sp³-hybridized carbons (Fsp3) is 0.896. The predicted octanol–water partition coefficient (Wildman–Crippen LogP) is 13.7. The normalized spacial score (nSPS) is 14.4. The monoisotopic (exact) mass is 828 g/mol. The summed E-state index contributed by atoms with van der Waals surface area (Å²) in [6, 6.07) is -0.774. The maximum Gasteiger partial charge on any atom is 0.472 e. The van der Waals surface area contributed by atoms with E-state index in [0.29, 0.717) is 23.9 Å². The molecule has 0 aliphatic heterocycles. The maximum absolute atomic E-state index is 12.9. The van der Waals surface area contributed by atoms with Gasteiger partial charge in [0, 0.05) is 6.42 Å². The summed E-state index contributed by atoms with van der Waals surface area (Å²) < 4.78 is 23.6. The van der Waals surface area contributed by atoms with E-state index in [1.807, 2.05) is 21.1 Å². The number of phosphoric ester groups is 1. The number of quaternary nitrogens is 1. The predicted molar refractivity (Wildman–Crippen MR) is 245 cm³/mol. The summed E-state index contributed by atoms with van der Waals surface area (Å²) in [5.74, 6) is -0.154. The van der Waals surface area contributed by atoms with Gasteiger partial charge in [-0.3, -0.25) is 13.8 Å². The maximum atomic E-state index is 12.9. The van der Waals surface area contributed by atoms with Crippen molar-refractivity contribution in [3.63, 3.8) is 0 Å². The zero-order chi connectivity index (χ0) is 42.1. The Bertz CT molecular complexity index is 984. The van der Waals surface area contributed by atoms with Crippen molar-refractivity contribution in [2.45, 2.75) is 238 Å². The van der Waals surface area contributed by atoms with Gasteiger partial charge in [0.2, 0.25) is 5.91 Å². The average Bonchev–Trinajstić information content (AvgIpc) is 3.16. The highest BCUT2D eigenvalue weighted by Crippen LogP contribution is 2.43. The first-order valence-electron chi connectivity index (χ1n) is 24.2. The highest BCUT2D eigenvalue weighted by Gasteiger charge is 2.28. The van der Waals surface area contributed by atoms with Crippen LogP contribution in [0.3, 0.4) is 0 Å². The molecule has 0 heterocycles. The van der Waals surface area contributed by atoms with Crippen LogP contribution in [0.4, 0.5) is 0 Å². The van der Waals surface area contributed by atoms with Crippen molar-refractivity contribution in [1.82, 2.24) is 5.32 Å². The van der Waals surface area contributed by atoms with Gasteiger partial charge in [0.25, 0.3) is 0 Å². The summed E-state index contributed by atoms with van der Waals surface area (Å²) >= 11 is 0. The number of aliphatic hydroxyl groups is 1. The van der Waals surface area contributed by atoms with Crippen LogP contribution in [-0.4, -0.2) is 73.4 Å². The Hall–Kier alpha value is -1.02. The van der Waals surface area contributed by atoms with E-state index < -0.39 is 20.0 Å². The largest absolute Gasteiger partial charge is 0.472 e. The van der Waals surface area contributed by atoms with Crippen LogP contribution in [-0.2, 0) is 18.4 Å². The van der Waals surface area contributed by atoms with Gasteiger partial charge < -0.3 is 19.8 Å². The Morgan fingerprint density at radius 2 is 0.947 bits per heavy atom. The van der Waals surface area contributed by atoms with Gasteiger partial charge in [-0.15, -0.1) is 0 Å². The van der Waals surface area contributed by atoms with Gasteiger partial charge in [-0.05, 0) is 64.2 Å². The van der Waals surface area contributed by atoms with Gasteiger partial charge in [0.1, 0.15) is 13.2 Å². The van der Waals surface area contributed by atoms with E-state index in [2.05, 4.69) is 43.5 Å². The summed E-state index contributed by atoms with van der Waals surface area (Å²) in [6.07, 6.45) is 47.8. The molecule has 0 aromatic heterocycles. The van der Waals surface area contributed by atoms with Crippen LogP contribution in [0.25, 0.3) is 0 Å². The number of rotatable bonds is 44. The van der Waals surface area contributed by atoms with Gasteiger partial charge in [-0.2, -0.15) is 0 Å². The molecule has 0 fully saturated rings. The number of nitrogens with one attached hydrogen (secondary N) is 1. The quantitative estimate of drug-likeness (QED) is 0.0244. The first-order chi connectivity index (χ1) is 27.5. The van der Waals surface area contributed by atoms with Crippen molar-refractivity contribution in [2.75, 3.05) is 40.9 Å². The van der Waals surface area contributed by atoms with Crippen LogP contribution < -0.4 is 5.32 Å². The number of allylic oxidation sites excluding steroid dienone is 4. The molecule has 1 unspecified atom stereocenters. The minimum Gasteiger partial charge on any atom is -0.391 e. The lowest BCUT2D eigenvalue weighted by Gasteiger charge is -2.26. The molecule has 3 atom stereocenters. The van der Waals surface area contributed by atoms with Crippen LogP contribution in [0.2, 0.25) is 0 Å². The van der Waals surface area contributed by atoms with Crippen LogP contribution in [0, 0.1) is 0 Å². The molecular weight excluding hydrogens is 732 g/mol. The van der Waals surface area contributed by atoms with Gasteiger partial charge in [0.05, 0.1) is 39.9 Å². The number of carbonyl (C=O) groups is 1. The lowest BCUT2D eigenvalue weighted by Crippen LogP contribution is -2.46. The minimum atomic E-state index is -4.32. The molecule has 9 heteroatoms. The molecule has 1 amide bonds. The number of unbranched alkanes of at least 4 members (excludes halogenated alkanes) is 27. The molecule has 0 spiro atoms. The van der Waals surface area contributed by atoms with Crippen LogP contribution in [0.15, 0.2) is 24.3 Å². The number of aliphatic hydroxyl groups excluding tert-OH is 1. The Labute approximate surface area is 354 Å². The zero-order valence-corrected chi connectivity index (χ0v) is 39.2. The zero-order valence-electron chi connectivity index (χ0n) is 38.3. The van der Waals surface area contributed by atoms with Crippen molar-refractivity contribution in [2.24, 2.45) is 0 Å². The summed E-state index contributed by atoms with van der Waals surface area (Å²) in [4.78, 5) is 23.2. The number of nitrogens with zero attached hydrogens (tertiary/aromatic N) is 1. The first-order valence-corrected chi connectivity index (χ1v) is 25.7. The Morgan fingerprint density at radius 1 is 0.579 bits per heavy atom. The van der Waals surface area contributed by atoms with E-state index in [4.69, 9.17) is 9.05 Å². The van der Waals surface area contributed by atoms with E-state index in [-0.39, 0.29) is 19.1 Å². The smallest absolute Gasteiger partial charge is 0.391 e. The Morgan fingerprint density at radius 3 is 1.35 bits per heavy atom. The average molecular weight is 828 g/mol. The fourth-order valence-electron chi connectivity index (χ4n) is 7.04. The third-order valence-electron chi connectivity index (χ3n) is 10.9. The SMILES string of the molecule is CCCCCCCC/C=C/CCCCCCCCCCCCCC(=O)N[C@@H](COP(=O)(O)OCC[N+](C)(C)C)[C@H](O)CCCC/C=C/CCCCCCCCCC. The topological polar surface area (TPSA) is 105 Å². The number of hydrogen-bond acceptors (Lipinski definition) is 5. The number of carbonyl (C=O) groups excluding carboxylic acids is 1. The molecule has 0 rings (SSSR count). The summed E-state index contributed by atoms with van der Waals surface area (Å²) in [6.45, 7) is 4.87. The first kappa shape index (κ1) is 56.0. The molecule has 8 nitrogen and oxygen atoms in total. The Balaban J connectivity index is 4.28. The van der Waals surface area contributed by atoms with Crippen molar-refractivity contribution in [3.8, 4) is 0 Å². The summed E-state index contributed by atoms with van der Waals surface area (Å²) in [7, 11) is 1.60. The molecule has 338 valence electrons. The molecule has 0 radical (unpaired) electrons. The second kappa shape index (κ2) is 40.4. The molecule has 0 aromatic rings. The number of amides is 1. The highest BCUT2D eigenvalue weighted by atomic mass is 31.2. The minimum absolute atomic E-state index is 0.0703. The molecule has 3 N–H and O–H groups in total. The van der Waals surface area contributed by atoms with E-state index in [1.54, 1.807) is 0 Å². The fourth-order valence-corrected chi connectivity index (χ4v) is 7.77. The summed E-state index contributed by atoms with van der Waals surface area (Å²) in [5.41, 5.74) is 0. The molecule has 0 aromatic carbocycles. The number of likely N-dealkylation sites (N-methyl/N-ethyl adjacent to an activating group) is 1. The standard InChI is InChI=1S/C48H95N2O6P/c1-6-8-10-12-14-16-18-20-22-23-24-25-26-27-28-30-32-34-36-38-40-42-48(52)49-46(45-56-57(53,54)55-44-43-50(3,4)5)47(51)41-39-37-35-33-31-29-21-19-17-15-13-11-9-7-2/h20,22,31,33,46-47,51H,6-19,21,23-30,32,34-45H2,1-5H3,(H-,49,52,53,54)/p+1/b22-20+,33-31+/t46-,47+/m0/s1. The Kier molecular flexibility index (Phi) is 39.7. The van der Waals surface area contributed by atoms with E-state index in [9.17, 15) is 19.4 Å². The molecule has 0 aliphatic carbocycles. The second-order valence-corrected chi connectivity index (χ2v) is 19.3. The second-order valence-electron chi connectivity index (χ2n) is 17.8. The number of phosphoric acid groups is 1. The van der Waals surface area contributed by atoms with Gasteiger partial charge >= 0.3 is 7.82 Å². The van der Waals surface area contributed by atoms with Crippen molar-refractivity contribution in [1.29, 1.82) is 0 Å². The van der Waals surface area contributed by atoms with E-state index in [0.717, 1.165) is 44.9 Å². The summed E-state index contributed by atoms with van der Waals surface area (Å²) in [5, 5.41) is 14.0. The van der Waals surface area contributed by atoms with Gasteiger partial charge in [-0.25, -0.2) is 4.57 Å². The third-order valence-corrected chi connectivity index (χ3v) is 11.9. The molecule has 0 bridgehead atoms. The van der Waals surface area contributed by atoms with Crippen LogP contribution in [0.1, 0.15) is 226 Å². The molecule has 0 saturated carbocycles. The van der Waals surface area contributed by atoms with E-state index >= 15 is 0 Å². The van der Waals surface area contributed by atoms with Crippen molar-refractivity contribution in [3.05, 3.63) is 24.3 Å². The molecular formula is C48H96N2O6P+. The lowest BCUT2D eigenvalue weighted by atomic mass is 10.0. The van der Waals surface area contributed by atoms with Crippen LogP contribution >= 0.6 is 7.82 Å². The lowest BCUT2D eigenvalue weighted by molar-refractivity contribution is -0.870.